The third-order valence-corrected chi connectivity index (χ3v) is 18.4. The number of phosphoric acid groups is 2. The normalized spacial score (nSPS) is 14.1. The van der Waals surface area contributed by atoms with Gasteiger partial charge in [0.25, 0.3) is 0 Å². The monoisotopic (exact) mass is 1320 g/mol. The van der Waals surface area contributed by atoms with Crippen LogP contribution in [-0.2, 0) is 65.4 Å². The quantitative estimate of drug-likeness (QED) is 0.0222. The van der Waals surface area contributed by atoms with E-state index < -0.39 is 97.5 Å². The third kappa shape index (κ3) is 64.8. The highest BCUT2D eigenvalue weighted by atomic mass is 31.2. The molecular weight excluding hydrogens is 1190 g/mol. The first kappa shape index (κ1) is 88.1. The number of aliphatic hydroxyl groups is 1. The lowest BCUT2D eigenvalue weighted by atomic mass is 10.0. The molecule has 0 aromatic rings. The summed E-state index contributed by atoms with van der Waals surface area (Å²) < 4.78 is 68.2. The molecule has 0 aliphatic rings. The lowest BCUT2D eigenvalue weighted by Crippen LogP contribution is -2.30. The second kappa shape index (κ2) is 63.1. The molecule has 0 aliphatic heterocycles. The molecule has 0 saturated heterocycles. The van der Waals surface area contributed by atoms with Crippen molar-refractivity contribution in [3.05, 3.63) is 0 Å². The molecule has 0 aromatic heterocycles. The minimum atomic E-state index is -4.95. The van der Waals surface area contributed by atoms with E-state index in [1.165, 1.54) is 167 Å². The minimum Gasteiger partial charge on any atom is -0.462 e. The summed E-state index contributed by atoms with van der Waals surface area (Å²) in [6.07, 6.45) is 48.9. The van der Waals surface area contributed by atoms with E-state index in [0.717, 1.165) is 109 Å². The summed E-state index contributed by atoms with van der Waals surface area (Å²) in [7, 11) is -9.89. The van der Waals surface area contributed by atoms with Crippen molar-refractivity contribution in [3.63, 3.8) is 0 Å². The van der Waals surface area contributed by atoms with Crippen molar-refractivity contribution >= 4 is 39.5 Å². The highest BCUT2D eigenvalue weighted by molar-refractivity contribution is 7.47. The molecule has 0 aliphatic carbocycles. The molecule has 2 unspecified atom stereocenters. The molecule has 0 fully saturated rings. The minimum absolute atomic E-state index is 0.102. The van der Waals surface area contributed by atoms with Crippen LogP contribution in [0.5, 0.6) is 0 Å². The standard InChI is InChI=1S/C71H138O17P2/c1-7-9-11-13-15-16-17-18-21-25-28-31-35-42-48-54-69(74)82-60-66(87-70(75)55-49-43-36-32-29-26-23-20-19-22-24-27-30-34-39-45-51-63(3)4)61-85-89(77,78)83-57-65(72)58-84-90(79,80)86-62-67(59-81-68(73)53-47-41-33-14-12-10-8-2)88-71(76)56-50-44-38-37-40-46-52-64(5)6/h63-67,72H,7-62H2,1-6H3,(H,77,78)(H,79,80)/t65-,66-,67-/m1/s1. The Bertz CT molecular complexity index is 1750. The van der Waals surface area contributed by atoms with Gasteiger partial charge in [0.15, 0.2) is 12.2 Å². The number of phosphoric ester groups is 2. The van der Waals surface area contributed by atoms with E-state index in [-0.39, 0.29) is 25.7 Å². The number of hydrogen-bond donors (Lipinski definition) is 3. The molecule has 19 heteroatoms. The lowest BCUT2D eigenvalue weighted by Gasteiger charge is -2.21. The lowest BCUT2D eigenvalue weighted by molar-refractivity contribution is -0.161. The SMILES string of the molecule is CCCCCCCCCCCCCCCCCC(=O)OC[C@H](COP(=O)(O)OC[C@@H](O)COP(=O)(O)OC[C@@H](COC(=O)CCCCCCCCC)OC(=O)CCCCCCCCC(C)C)OC(=O)CCCCCCCCCCCCCCCCCCC(C)C. The predicted octanol–water partition coefficient (Wildman–Crippen LogP) is 20.4. The Morgan fingerprint density at radius 1 is 0.300 bits per heavy atom. The molecular formula is C71H138O17P2. The second-order valence-electron chi connectivity index (χ2n) is 26.6. The van der Waals surface area contributed by atoms with Gasteiger partial charge in [-0.05, 0) is 37.5 Å². The van der Waals surface area contributed by atoms with E-state index in [4.69, 9.17) is 37.0 Å². The van der Waals surface area contributed by atoms with Gasteiger partial charge in [0.05, 0.1) is 26.4 Å². The van der Waals surface area contributed by atoms with Gasteiger partial charge in [0.2, 0.25) is 0 Å². The molecule has 0 aromatic carbocycles. The summed E-state index contributed by atoms with van der Waals surface area (Å²) in [6.45, 7) is 9.45. The zero-order chi connectivity index (χ0) is 66.5. The Morgan fingerprint density at radius 3 is 0.756 bits per heavy atom. The summed E-state index contributed by atoms with van der Waals surface area (Å²) >= 11 is 0. The molecule has 0 rings (SSSR count). The van der Waals surface area contributed by atoms with Crippen LogP contribution in [0.25, 0.3) is 0 Å². The van der Waals surface area contributed by atoms with Gasteiger partial charge in [-0.15, -0.1) is 0 Å². The number of hydrogen-bond acceptors (Lipinski definition) is 15. The Morgan fingerprint density at radius 2 is 0.511 bits per heavy atom. The van der Waals surface area contributed by atoms with E-state index in [1.807, 2.05) is 0 Å². The topological polar surface area (TPSA) is 237 Å². The molecule has 3 N–H and O–H groups in total. The van der Waals surface area contributed by atoms with Crippen LogP contribution in [0.3, 0.4) is 0 Å². The summed E-state index contributed by atoms with van der Waals surface area (Å²) in [6, 6.07) is 0. The first-order valence-corrected chi connectivity index (χ1v) is 40.0. The molecule has 0 heterocycles. The summed E-state index contributed by atoms with van der Waals surface area (Å²) in [4.78, 5) is 72.4. The van der Waals surface area contributed by atoms with Crippen molar-refractivity contribution in [1.82, 2.24) is 0 Å². The van der Waals surface area contributed by atoms with E-state index in [1.54, 1.807) is 0 Å². The maximum absolute atomic E-state index is 13.0. The van der Waals surface area contributed by atoms with Gasteiger partial charge in [-0.1, -0.05) is 311 Å². The molecule has 0 radical (unpaired) electrons. The molecule has 0 saturated carbocycles. The van der Waals surface area contributed by atoms with E-state index in [2.05, 4.69) is 41.5 Å². The number of aliphatic hydroxyl groups excluding tert-OH is 1. The van der Waals surface area contributed by atoms with E-state index >= 15 is 0 Å². The molecule has 5 atom stereocenters. The van der Waals surface area contributed by atoms with Crippen molar-refractivity contribution in [2.75, 3.05) is 39.6 Å². The Labute approximate surface area is 549 Å². The average Bonchev–Trinajstić information content (AvgIpc) is 3.54. The van der Waals surface area contributed by atoms with Crippen molar-refractivity contribution in [1.29, 1.82) is 0 Å². The number of rotatable bonds is 70. The van der Waals surface area contributed by atoms with Crippen LogP contribution < -0.4 is 0 Å². The van der Waals surface area contributed by atoms with E-state index in [9.17, 15) is 43.2 Å². The van der Waals surface area contributed by atoms with Crippen LogP contribution in [0.2, 0.25) is 0 Å². The Kier molecular flexibility index (Phi) is 61.8. The first-order valence-electron chi connectivity index (χ1n) is 37.0. The zero-order valence-corrected chi connectivity index (χ0v) is 60.2. The molecule has 0 spiro atoms. The van der Waals surface area contributed by atoms with Gasteiger partial charge < -0.3 is 33.8 Å². The second-order valence-corrected chi connectivity index (χ2v) is 29.5. The first-order chi connectivity index (χ1) is 43.4. The maximum atomic E-state index is 13.0. The van der Waals surface area contributed by atoms with Crippen LogP contribution in [0, 0.1) is 11.8 Å². The van der Waals surface area contributed by atoms with Crippen molar-refractivity contribution in [2.24, 2.45) is 11.8 Å². The maximum Gasteiger partial charge on any atom is 0.472 e. The summed E-state index contributed by atoms with van der Waals surface area (Å²) in [5.74, 6) is -0.652. The highest BCUT2D eigenvalue weighted by Crippen LogP contribution is 2.45. The van der Waals surface area contributed by atoms with Crippen molar-refractivity contribution < 1.29 is 80.2 Å². The van der Waals surface area contributed by atoms with Gasteiger partial charge in [-0.3, -0.25) is 37.3 Å². The van der Waals surface area contributed by atoms with Gasteiger partial charge in [0, 0.05) is 25.7 Å². The Hall–Kier alpha value is -1.94. The number of esters is 4. The number of carbonyl (C=O) groups is 4. The smallest absolute Gasteiger partial charge is 0.462 e. The largest absolute Gasteiger partial charge is 0.472 e. The average molecular weight is 1330 g/mol. The molecule has 17 nitrogen and oxygen atoms in total. The van der Waals surface area contributed by atoms with Crippen LogP contribution in [0.4, 0.5) is 0 Å². The molecule has 0 amide bonds. The fourth-order valence-corrected chi connectivity index (χ4v) is 12.3. The Balaban J connectivity index is 5.17. The van der Waals surface area contributed by atoms with Gasteiger partial charge in [-0.25, -0.2) is 9.13 Å². The van der Waals surface area contributed by atoms with Crippen LogP contribution in [0.1, 0.15) is 363 Å². The molecule has 90 heavy (non-hydrogen) atoms. The molecule has 534 valence electrons. The third-order valence-electron chi connectivity index (χ3n) is 16.5. The van der Waals surface area contributed by atoms with Crippen LogP contribution in [-0.4, -0.2) is 96.7 Å². The van der Waals surface area contributed by atoms with Gasteiger partial charge >= 0.3 is 39.5 Å². The predicted molar refractivity (Wildman–Crippen MR) is 363 cm³/mol. The van der Waals surface area contributed by atoms with Gasteiger partial charge in [-0.2, -0.15) is 0 Å². The fourth-order valence-electron chi connectivity index (χ4n) is 10.8. The highest BCUT2D eigenvalue weighted by Gasteiger charge is 2.30. The fraction of sp³-hybridized carbons (Fsp3) is 0.944. The van der Waals surface area contributed by atoms with Crippen LogP contribution >= 0.6 is 15.6 Å². The van der Waals surface area contributed by atoms with Crippen LogP contribution in [0.15, 0.2) is 0 Å². The summed E-state index contributed by atoms with van der Waals surface area (Å²) in [5.41, 5.74) is 0. The molecule has 0 bridgehead atoms. The van der Waals surface area contributed by atoms with E-state index in [0.29, 0.717) is 31.6 Å². The zero-order valence-electron chi connectivity index (χ0n) is 58.4. The van der Waals surface area contributed by atoms with Gasteiger partial charge in [0.1, 0.15) is 19.3 Å². The number of unbranched alkanes of at least 4 members (excludes halogenated alkanes) is 40. The summed E-state index contributed by atoms with van der Waals surface area (Å²) in [5, 5.41) is 10.6. The van der Waals surface area contributed by atoms with Crippen molar-refractivity contribution in [3.8, 4) is 0 Å². The number of ether oxygens (including phenoxy) is 4. The number of carbonyl (C=O) groups excluding carboxylic acids is 4. The van der Waals surface area contributed by atoms with Crippen molar-refractivity contribution in [2.45, 2.75) is 381 Å².